The van der Waals surface area contributed by atoms with Crippen LogP contribution in [0.1, 0.15) is 18.1 Å². The predicted octanol–water partition coefficient (Wildman–Crippen LogP) is 2.75. The Balaban J connectivity index is 2.98. The molecule has 0 heterocycles. The van der Waals surface area contributed by atoms with E-state index in [2.05, 4.69) is 0 Å². The van der Waals surface area contributed by atoms with Gasteiger partial charge in [0.2, 0.25) is 6.54 Å². The number of nitrogens with zero attached hydrogens (tertiary/aromatic N) is 1. The van der Waals surface area contributed by atoms with E-state index in [1.807, 2.05) is 31.4 Å². The molecule has 0 aliphatic rings. The van der Waals surface area contributed by atoms with Crippen molar-refractivity contribution in [3.63, 3.8) is 0 Å². The Hall–Kier alpha value is -1.03. The monoisotopic (exact) mass is 211 g/mol. The highest BCUT2D eigenvalue weighted by molar-refractivity contribution is 7.98. The van der Waals surface area contributed by atoms with Crippen LogP contribution < -0.4 is 0 Å². The van der Waals surface area contributed by atoms with Crippen LogP contribution >= 0.6 is 11.8 Å². The molecule has 0 aliphatic carbocycles. The molecule has 0 N–H and O–H groups in total. The number of thioether (sulfide) groups is 1. The molecule has 14 heavy (non-hydrogen) atoms. The molecule has 0 saturated heterocycles. The van der Waals surface area contributed by atoms with Gasteiger partial charge >= 0.3 is 0 Å². The Kier molecular flexibility index (Phi) is 3.95. The van der Waals surface area contributed by atoms with Crippen LogP contribution in [0.5, 0.6) is 0 Å². The lowest BCUT2D eigenvalue weighted by Gasteiger charge is -2.05. The fourth-order valence-corrected chi connectivity index (χ4v) is 1.82. The third-order valence-corrected chi connectivity index (χ3v) is 2.82. The van der Waals surface area contributed by atoms with Crippen molar-refractivity contribution < 1.29 is 4.92 Å². The molecule has 4 heteroatoms. The smallest absolute Gasteiger partial charge is 0.229 e. The molecule has 0 saturated carbocycles. The van der Waals surface area contributed by atoms with Crippen LogP contribution in [-0.4, -0.2) is 11.2 Å². The minimum Gasteiger partial charge on any atom is -0.264 e. The number of aryl methyl sites for hydroxylation is 1. The molecule has 0 unspecified atom stereocenters. The Labute approximate surface area is 87.7 Å². The fourth-order valence-electron chi connectivity index (χ4n) is 1.35. The van der Waals surface area contributed by atoms with Gasteiger partial charge in [-0.1, -0.05) is 13.0 Å². The molecule has 0 bridgehead atoms. The van der Waals surface area contributed by atoms with Gasteiger partial charge in [0.25, 0.3) is 0 Å². The van der Waals surface area contributed by atoms with Gasteiger partial charge in [0.15, 0.2) is 0 Å². The molecule has 76 valence electrons. The Morgan fingerprint density at radius 1 is 1.43 bits per heavy atom. The first-order valence-electron chi connectivity index (χ1n) is 4.45. The largest absolute Gasteiger partial charge is 0.264 e. The normalized spacial score (nSPS) is 10.1. The zero-order valence-electron chi connectivity index (χ0n) is 8.32. The Bertz CT molecular complexity index is 339. The second-order valence-corrected chi connectivity index (χ2v) is 3.86. The first kappa shape index (κ1) is 11.0. The molecule has 0 spiro atoms. The van der Waals surface area contributed by atoms with E-state index in [9.17, 15) is 10.1 Å². The number of benzene rings is 1. The quantitative estimate of drug-likeness (QED) is 0.437. The number of hydrogen-bond donors (Lipinski definition) is 0. The van der Waals surface area contributed by atoms with Crippen molar-refractivity contribution in [3.8, 4) is 0 Å². The zero-order valence-corrected chi connectivity index (χ0v) is 9.13. The summed E-state index contributed by atoms with van der Waals surface area (Å²) in [6, 6.07) is 5.82. The molecular formula is C10H13NO2S. The van der Waals surface area contributed by atoms with Crippen LogP contribution in [0.3, 0.4) is 0 Å². The third kappa shape index (κ3) is 2.73. The number of hydrogen-bond acceptors (Lipinski definition) is 3. The molecule has 1 aromatic carbocycles. The Morgan fingerprint density at radius 3 is 2.64 bits per heavy atom. The molecule has 0 radical (unpaired) electrons. The van der Waals surface area contributed by atoms with Crippen LogP contribution in [0.15, 0.2) is 23.1 Å². The molecule has 0 atom stereocenters. The summed E-state index contributed by atoms with van der Waals surface area (Å²) >= 11 is 1.66. The maximum absolute atomic E-state index is 10.4. The minimum absolute atomic E-state index is 0.0716. The van der Waals surface area contributed by atoms with Crippen LogP contribution in [0.4, 0.5) is 0 Å². The summed E-state index contributed by atoms with van der Waals surface area (Å²) in [5, 5.41) is 10.4. The summed E-state index contributed by atoms with van der Waals surface area (Å²) in [5.74, 6) is 0. The van der Waals surface area contributed by atoms with E-state index in [1.165, 1.54) is 0 Å². The van der Waals surface area contributed by atoms with Crippen molar-refractivity contribution in [2.45, 2.75) is 24.8 Å². The van der Waals surface area contributed by atoms with Crippen molar-refractivity contribution >= 4 is 11.8 Å². The van der Waals surface area contributed by atoms with E-state index in [0.717, 1.165) is 22.4 Å². The van der Waals surface area contributed by atoms with Crippen LogP contribution in [0.25, 0.3) is 0 Å². The van der Waals surface area contributed by atoms with Gasteiger partial charge in [-0.05, 0) is 30.4 Å². The first-order valence-corrected chi connectivity index (χ1v) is 5.67. The lowest BCUT2D eigenvalue weighted by Crippen LogP contribution is -2.01. The maximum Gasteiger partial charge on any atom is 0.229 e. The van der Waals surface area contributed by atoms with E-state index in [1.54, 1.807) is 11.8 Å². The van der Waals surface area contributed by atoms with Crippen molar-refractivity contribution in [1.82, 2.24) is 0 Å². The fraction of sp³-hybridized carbons (Fsp3) is 0.400. The van der Waals surface area contributed by atoms with Crippen LogP contribution in [0, 0.1) is 10.1 Å². The predicted molar refractivity (Wildman–Crippen MR) is 58.3 cm³/mol. The summed E-state index contributed by atoms with van der Waals surface area (Å²) in [4.78, 5) is 11.3. The highest BCUT2D eigenvalue weighted by Crippen LogP contribution is 2.20. The molecular weight excluding hydrogens is 198 g/mol. The van der Waals surface area contributed by atoms with Gasteiger partial charge in [-0.2, -0.15) is 0 Å². The Morgan fingerprint density at radius 2 is 2.14 bits per heavy atom. The highest BCUT2D eigenvalue weighted by atomic mass is 32.2. The standard InChI is InChI=1S/C10H13NO2S/c1-3-8-6-10(14-2)5-4-9(8)7-11(12)13/h4-6H,3,7H2,1-2H3. The average Bonchev–Trinajstić information content (AvgIpc) is 2.17. The molecule has 1 aromatic rings. The second-order valence-electron chi connectivity index (χ2n) is 2.98. The highest BCUT2D eigenvalue weighted by Gasteiger charge is 2.07. The summed E-state index contributed by atoms with van der Waals surface area (Å²) < 4.78 is 0. The summed E-state index contributed by atoms with van der Waals surface area (Å²) in [5.41, 5.74) is 1.91. The summed E-state index contributed by atoms with van der Waals surface area (Å²) in [6.45, 7) is 1.95. The molecule has 0 aromatic heterocycles. The van der Waals surface area contributed by atoms with E-state index >= 15 is 0 Å². The van der Waals surface area contributed by atoms with Gasteiger partial charge in [-0.25, -0.2) is 0 Å². The molecule has 0 amide bonds. The van der Waals surface area contributed by atoms with Gasteiger partial charge in [-0.15, -0.1) is 11.8 Å². The molecule has 0 aliphatic heterocycles. The van der Waals surface area contributed by atoms with Crippen molar-refractivity contribution in [2.24, 2.45) is 0 Å². The van der Waals surface area contributed by atoms with Crippen molar-refractivity contribution in [1.29, 1.82) is 0 Å². The molecule has 3 nitrogen and oxygen atoms in total. The van der Waals surface area contributed by atoms with Gasteiger partial charge in [0.1, 0.15) is 0 Å². The summed E-state index contributed by atoms with van der Waals surface area (Å²) in [7, 11) is 0. The maximum atomic E-state index is 10.4. The number of nitro groups is 1. The van der Waals surface area contributed by atoms with Gasteiger partial charge in [-0.3, -0.25) is 10.1 Å². The van der Waals surface area contributed by atoms with Crippen LogP contribution in [0.2, 0.25) is 0 Å². The van der Waals surface area contributed by atoms with E-state index < -0.39 is 0 Å². The average molecular weight is 211 g/mol. The topological polar surface area (TPSA) is 43.1 Å². The van der Waals surface area contributed by atoms with Crippen LogP contribution in [-0.2, 0) is 13.0 Å². The van der Waals surface area contributed by atoms with Gasteiger partial charge in [0, 0.05) is 15.4 Å². The number of rotatable bonds is 4. The second kappa shape index (κ2) is 5.00. The van der Waals surface area contributed by atoms with E-state index in [4.69, 9.17) is 0 Å². The van der Waals surface area contributed by atoms with E-state index in [0.29, 0.717) is 0 Å². The SMILES string of the molecule is CCc1cc(SC)ccc1C[N+](=O)[O-]. The van der Waals surface area contributed by atoms with Gasteiger partial charge in [0.05, 0.1) is 0 Å². The van der Waals surface area contributed by atoms with Gasteiger partial charge < -0.3 is 0 Å². The molecule has 1 rings (SSSR count). The third-order valence-electron chi connectivity index (χ3n) is 2.09. The summed E-state index contributed by atoms with van der Waals surface area (Å²) in [6.07, 6.45) is 2.85. The van der Waals surface area contributed by atoms with E-state index in [-0.39, 0.29) is 11.5 Å². The molecule has 0 fully saturated rings. The van der Waals surface area contributed by atoms with Crippen molar-refractivity contribution in [2.75, 3.05) is 6.26 Å². The minimum atomic E-state index is -0.284. The van der Waals surface area contributed by atoms with Crippen molar-refractivity contribution in [3.05, 3.63) is 39.4 Å². The zero-order chi connectivity index (χ0) is 10.6. The lowest BCUT2D eigenvalue weighted by atomic mass is 10.1. The lowest BCUT2D eigenvalue weighted by molar-refractivity contribution is -0.496. The first-order chi connectivity index (χ1) is 6.67.